The first-order valence-corrected chi connectivity index (χ1v) is 31.9. The number of hydrogen-bond acceptors (Lipinski definition) is 27. The molecule has 4 aliphatic carbocycles. The van der Waals surface area contributed by atoms with Gasteiger partial charge in [0.2, 0.25) is 11.8 Å². The van der Waals surface area contributed by atoms with E-state index >= 15 is 0 Å². The number of ether oxygens (including phenoxy) is 11. The summed E-state index contributed by atoms with van der Waals surface area (Å²) in [5.41, 5.74) is 0.0844. The van der Waals surface area contributed by atoms with E-state index in [9.17, 15) is 80.8 Å². The molecule has 91 heavy (non-hydrogen) atoms. The van der Waals surface area contributed by atoms with Gasteiger partial charge in [-0.2, -0.15) is 0 Å². The van der Waals surface area contributed by atoms with Crippen molar-refractivity contribution in [1.82, 2.24) is 10.6 Å². The second kappa shape index (κ2) is 28.7. The van der Waals surface area contributed by atoms with E-state index in [-0.39, 0.29) is 35.1 Å². The molecule has 5 heterocycles. The molecule has 0 aromatic heterocycles. The molecule has 3 saturated carbocycles. The Hall–Kier alpha value is -2.87. The third-order valence-electron chi connectivity index (χ3n) is 21.9. The highest BCUT2D eigenvalue weighted by atomic mass is 16.8. The first kappa shape index (κ1) is 72.4. The van der Waals surface area contributed by atoms with E-state index < -0.39 is 209 Å². The molecule has 0 aromatic carbocycles. The molecule has 29 heteroatoms. The van der Waals surface area contributed by atoms with E-state index in [0.29, 0.717) is 38.5 Å². The number of hydrogen-bond donors (Lipinski definition) is 15. The van der Waals surface area contributed by atoms with Gasteiger partial charge in [0, 0.05) is 43.6 Å². The van der Waals surface area contributed by atoms with Crippen molar-refractivity contribution < 1.29 is 133 Å². The molecule has 5 aliphatic heterocycles. The van der Waals surface area contributed by atoms with Crippen LogP contribution in [0.5, 0.6) is 0 Å². The van der Waals surface area contributed by atoms with Crippen LogP contribution in [-0.4, -0.2) is 283 Å². The summed E-state index contributed by atoms with van der Waals surface area (Å²) in [6.07, 6.45) is -31.2. The average molecular weight is 1310 g/mol. The molecule has 0 spiro atoms. The number of methoxy groups -OCH3 is 1. The molecule has 26 unspecified atom stereocenters. The second-order valence-corrected chi connectivity index (χ2v) is 28.0. The maximum absolute atomic E-state index is 13.6. The Kier molecular flexibility index (Phi) is 22.8. The van der Waals surface area contributed by atoms with Crippen LogP contribution < -0.4 is 10.6 Å². The minimum atomic E-state index is -1.95. The fraction of sp³-hybridized carbons (Fsp3) is 0.887. The summed E-state index contributed by atoms with van der Waals surface area (Å²) in [7, 11) is 1.73. The SMILES string of the molecule is CO[C@@H]1CC2C(=C3CCC([C@H](C)CC(=O)C=C(C)C)[C@]31C)CCC1(O)C(C)(C)[C@@H](OC3OCC(OC4OC(CO)C(O)C(O)C4NC(C)=O)C(O)C3OC3OC(COC4OCC(O)C(O)C4OC4OC(CO)C(O)C(O)C4O)C(O)C(O)C3NC(C)=O)CC[C@]21C. The lowest BCUT2D eigenvalue weighted by Gasteiger charge is -2.67. The van der Waals surface area contributed by atoms with Gasteiger partial charge in [0.05, 0.1) is 50.8 Å². The number of aliphatic hydroxyl groups excluding tert-OH is 12. The van der Waals surface area contributed by atoms with E-state index in [1.165, 1.54) is 11.1 Å². The molecule has 5 saturated heterocycles. The molecule has 2 amide bonds. The lowest BCUT2D eigenvalue weighted by molar-refractivity contribution is -0.378. The first-order chi connectivity index (χ1) is 42.8. The van der Waals surface area contributed by atoms with Crippen molar-refractivity contribution in [3.63, 3.8) is 0 Å². The standard InChI is InChI=1S/C62H100N2O27/c1-25(2)17-29(69)18-26(3)31-11-12-32-30-13-16-62(80)59(6,7)39(14-15-60(62,8)33(30)19-40(81-10)61(31,32)9)89-58-53(47(75)38(24-84-58)88-54-41(63-27(4)67)48(76)44(72)35(20-65)85-54)90-55-42(64-28(5)68)49(77)46(74)37(87-55)23-83-57-52(43(71)34(70)22-82-57)91-56-51(79)50(78)45(73)36(21-66)86-56/h17,26,31,33-58,65-66,70-80H,11-16,18-24H2,1-10H3,(H,63,67)(H,64,68)/t26-,31?,33?,34?,35?,36?,37?,38?,39+,40-,41?,42?,43?,44?,45?,46?,47?,48?,49?,50?,51?,52?,53?,54?,55?,56?,57?,58?,60-,61-,62?/m1/s1. The minimum absolute atomic E-state index is 0.0914. The Bertz CT molecular complexity index is 2590. The molecule has 0 radical (unpaired) electrons. The van der Waals surface area contributed by atoms with Crippen molar-refractivity contribution in [2.45, 2.75) is 273 Å². The fourth-order valence-corrected chi connectivity index (χ4v) is 16.9. The predicted molar refractivity (Wildman–Crippen MR) is 311 cm³/mol. The summed E-state index contributed by atoms with van der Waals surface area (Å²) in [5, 5.41) is 150. The lowest BCUT2D eigenvalue weighted by Crippen LogP contribution is -2.71. The summed E-state index contributed by atoms with van der Waals surface area (Å²) in [6.45, 7) is 13.1. The number of ketones is 1. The number of aliphatic hydroxyl groups is 13. The molecule has 31 atom stereocenters. The summed E-state index contributed by atoms with van der Waals surface area (Å²) in [4.78, 5) is 38.6. The number of carbonyl (C=O) groups excluding carboxylic acids is 3. The van der Waals surface area contributed by atoms with Crippen LogP contribution in [-0.2, 0) is 66.5 Å². The molecule has 9 rings (SSSR count). The lowest BCUT2D eigenvalue weighted by atomic mass is 9.41. The second-order valence-electron chi connectivity index (χ2n) is 28.0. The van der Waals surface area contributed by atoms with E-state index in [0.717, 1.165) is 32.3 Å². The monoisotopic (exact) mass is 1300 g/mol. The van der Waals surface area contributed by atoms with Crippen LogP contribution in [0.3, 0.4) is 0 Å². The molecular weight excluding hydrogens is 1200 g/mol. The van der Waals surface area contributed by atoms with Crippen molar-refractivity contribution in [1.29, 1.82) is 0 Å². The summed E-state index contributed by atoms with van der Waals surface area (Å²) < 4.78 is 68.0. The first-order valence-electron chi connectivity index (χ1n) is 31.9. The Balaban J connectivity index is 0.998. The summed E-state index contributed by atoms with van der Waals surface area (Å²) in [5.74, 6) is -1.10. The van der Waals surface area contributed by atoms with Crippen molar-refractivity contribution in [2.75, 3.05) is 40.1 Å². The third kappa shape index (κ3) is 13.6. The van der Waals surface area contributed by atoms with Crippen LogP contribution in [0.2, 0.25) is 0 Å². The van der Waals surface area contributed by atoms with Crippen LogP contribution in [0.4, 0.5) is 0 Å². The van der Waals surface area contributed by atoms with Gasteiger partial charge >= 0.3 is 0 Å². The average Bonchev–Trinajstić information content (AvgIpc) is 1.64. The number of fused-ring (bicyclic) bond motifs is 4. The van der Waals surface area contributed by atoms with E-state index in [1.54, 1.807) is 13.2 Å². The number of rotatable bonds is 20. The largest absolute Gasteiger partial charge is 0.394 e. The predicted octanol–water partition coefficient (Wildman–Crippen LogP) is -3.31. The molecule has 15 N–H and O–H groups in total. The molecule has 0 aromatic rings. The van der Waals surface area contributed by atoms with Crippen LogP contribution in [0, 0.1) is 34.0 Å². The van der Waals surface area contributed by atoms with E-state index in [2.05, 4.69) is 31.4 Å². The molecular formula is C62H100N2O27. The van der Waals surface area contributed by atoms with Gasteiger partial charge in [0.25, 0.3) is 0 Å². The maximum atomic E-state index is 13.6. The quantitative estimate of drug-likeness (QED) is 0.0322. The van der Waals surface area contributed by atoms with Gasteiger partial charge in [0.1, 0.15) is 110 Å². The van der Waals surface area contributed by atoms with E-state index in [4.69, 9.17) is 52.1 Å². The van der Waals surface area contributed by atoms with Crippen LogP contribution in [0.1, 0.15) is 114 Å². The number of amides is 2. The zero-order chi connectivity index (χ0) is 66.7. The minimum Gasteiger partial charge on any atom is -0.394 e. The highest BCUT2D eigenvalue weighted by molar-refractivity contribution is 5.90. The summed E-state index contributed by atoms with van der Waals surface area (Å²) >= 11 is 0. The van der Waals surface area contributed by atoms with Gasteiger partial charge in [-0.3, -0.25) is 14.4 Å². The van der Waals surface area contributed by atoms with Gasteiger partial charge < -0.3 is 129 Å². The van der Waals surface area contributed by atoms with Gasteiger partial charge in [-0.05, 0) is 82.6 Å². The van der Waals surface area contributed by atoms with Gasteiger partial charge in [-0.15, -0.1) is 0 Å². The van der Waals surface area contributed by atoms with Gasteiger partial charge in [-0.25, -0.2) is 0 Å². The van der Waals surface area contributed by atoms with Crippen molar-refractivity contribution in [3.05, 3.63) is 22.8 Å². The van der Waals surface area contributed by atoms with Crippen LogP contribution in [0.15, 0.2) is 22.8 Å². The smallest absolute Gasteiger partial charge is 0.217 e. The van der Waals surface area contributed by atoms with Crippen molar-refractivity contribution in [2.24, 2.45) is 34.0 Å². The highest BCUT2D eigenvalue weighted by Gasteiger charge is 2.70. The molecule has 520 valence electrons. The highest BCUT2D eigenvalue weighted by Crippen LogP contribution is 2.70. The topological polar surface area (TPSA) is 440 Å². The maximum Gasteiger partial charge on any atom is 0.217 e. The van der Waals surface area contributed by atoms with Gasteiger partial charge in [0.15, 0.2) is 37.2 Å². The van der Waals surface area contributed by atoms with Gasteiger partial charge in [-0.1, -0.05) is 51.3 Å². The molecule has 29 nitrogen and oxygen atoms in total. The number of nitrogens with one attached hydrogen (secondary N) is 2. The van der Waals surface area contributed by atoms with Crippen molar-refractivity contribution in [3.8, 4) is 0 Å². The van der Waals surface area contributed by atoms with Crippen molar-refractivity contribution >= 4 is 17.6 Å². The molecule has 8 fully saturated rings. The number of allylic oxidation sites excluding steroid dienone is 3. The fourth-order valence-electron chi connectivity index (χ4n) is 16.9. The van der Waals surface area contributed by atoms with E-state index in [1.807, 2.05) is 27.7 Å². The normalized spacial score (nSPS) is 47.7. The van der Waals surface area contributed by atoms with Crippen LogP contribution in [0.25, 0.3) is 0 Å². The third-order valence-corrected chi connectivity index (χ3v) is 21.9. The van der Waals surface area contributed by atoms with Crippen LogP contribution >= 0.6 is 0 Å². The zero-order valence-electron chi connectivity index (χ0n) is 53.5. The summed E-state index contributed by atoms with van der Waals surface area (Å²) in [6, 6.07) is -3.10. The Morgan fingerprint density at radius 1 is 0.626 bits per heavy atom. The zero-order valence-corrected chi connectivity index (χ0v) is 53.5. The molecule has 9 aliphatic rings. The molecule has 0 bridgehead atoms. The number of carbonyl (C=O) groups is 3. The Morgan fingerprint density at radius 3 is 1.79 bits per heavy atom. The Labute approximate surface area is 529 Å². The Morgan fingerprint density at radius 2 is 1.19 bits per heavy atom.